The van der Waals surface area contributed by atoms with Gasteiger partial charge in [-0.3, -0.25) is 9.78 Å². The van der Waals surface area contributed by atoms with Gasteiger partial charge >= 0.3 is 6.18 Å². The van der Waals surface area contributed by atoms with E-state index in [1.165, 1.54) is 6.92 Å². The number of pyridine rings is 1. The largest absolute Gasteiger partial charge is 0.389 e. The molecular formula is C28H42F3N3O2. The molecule has 1 atom stereocenters. The molecule has 0 bridgehead atoms. The second-order valence-corrected chi connectivity index (χ2v) is 7.87. The minimum atomic E-state index is -4.06. The average Bonchev–Trinajstić information content (AvgIpc) is 2.86. The number of hydrogen-bond acceptors (Lipinski definition) is 4. The molecule has 2 N–H and O–H groups in total. The van der Waals surface area contributed by atoms with Crippen LogP contribution in [0.4, 0.5) is 13.2 Å². The number of allylic oxidation sites excluding steroid dienone is 2. The minimum Gasteiger partial charge on any atom is -0.374 e. The quantitative estimate of drug-likeness (QED) is 0.270. The summed E-state index contributed by atoms with van der Waals surface area (Å²) in [7, 11) is 1.92. The number of aryl methyl sites for hydroxylation is 1. The summed E-state index contributed by atoms with van der Waals surface area (Å²) in [6.07, 6.45) is 7.94. The zero-order chi connectivity index (χ0) is 27.4. The zero-order valence-electron chi connectivity index (χ0n) is 22.3. The summed E-state index contributed by atoms with van der Waals surface area (Å²) in [6.45, 7) is 12.9. The van der Waals surface area contributed by atoms with Crippen molar-refractivity contribution >= 4 is 11.5 Å². The van der Waals surface area contributed by atoms with Crippen LogP contribution in [0.15, 0.2) is 60.9 Å². The van der Waals surface area contributed by atoms with E-state index in [0.717, 1.165) is 41.8 Å². The molecule has 0 aromatic carbocycles. The van der Waals surface area contributed by atoms with Gasteiger partial charge in [-0.1, -0.05) is 56.9 Å². The summed E-state index contributed by atoms with van der Waals surface area (Å²) in [5.74, 6) is -0.0471. The Labute approximate surface area is 214 Å². The van der Waals surface area contributed by atoms with Gasteiger partial charge in [0.05, 0.1) is 11.8 Å². The smallest absolute Gasteiger partial charge is 0.374 e. The Morgan fingerprint density at radius 3 is 2.50 bits per heavy atom. The van der Waals surface area contributed by atoms with Gasteiger partial charge < -0.3 is 15.4 Å². The van der Waals surface area contributed by atoms with Crippen LogP contribution >= 0.6 is 0 Å². The van der Waals surface area contributed by atoms with Gasteiger partial charge in [0, 0.05) is 32.7 Å². The van der Waals surface area contributed by atoms with Crippen molar-refractivity contribution in [2.75, 3.05) is 26.7 Å². The molecule has 1 unspecified atom stereocenters. The van der Waals surface area contributed by atoms with Crippen molar-refractivity contribution in [2.24, 2.45) is 0 Å². The number of alkyl halides is 3. The van der Waals surface area contributed by atoms with Gasteiger partial charge in [0.2, 0.25) is 5.91 Å². The van der Waals surface area contributed by atoms with Crippen LogP contribution in [0.5, 0.6) is 0 Å². The number of carbonyl (C=O) groups is 1. The van der Waals surface area contributed by atoms with Crippen LogP contribution in [0.3, 0.4) is 0 Å². The van der Waals surface area contributed by atoms with E-state index in [9.17, 15) is 18.0 Å². The van der Waals surface area contributed by atoms with Gasteiger partial charge in [0.1, 0.15) is 0 Å². The fraction of sp³-hybridized carbons (Fsp3) is 0.500. The Hall–Kier alpha value is -2.71. The SMILES string of the molecule is C=C/C(CNC(C)=O)=C(\CCNC)c1ccc(C)cn1.CC.FC(F)(F)CCCOC1C=CC=CC1. The number of nitrogens with one attached hydrogen (secondary N) is 2. The Kier molecular flexibility index (Phi) is 18.0. The maximum atomic E-state index is 11.7. The third-order valence-corrected chi connectivity index (χ3v) is 4.89. The molecule has 5 nitrogen and oxygen atoms in total. The maximum absolute atomic E-state index is 11.7. The lowest BCUT2D eigenvalue weighted by atomic mass is 10.00. The predicted octanol–water partition coefficient (Wildman–Crippen LogP) is 6.33. The van der Waals surface area contributed by atoms with E-state index in [4.69, 9.17) is 4.74 Å². The van der Waals surface area contributed by atoms with Crippen LogP contribution in [0.25, 0.3) is 5.57 Å². The molecule has 2 rings (SSSR count). The van der Waals surface area contributed by atoms with Crippen LogP contribution in [0.2, 0.25) is 0 Å². The third kappa shape index (κ3) is 16.1. The van der Waals surface area contributed by atoms with Crippen molar-refractivity contribution in [3.63, 3.8) is 0 Å². The van der Waals surface area contributed by atoms with Crippen LogP contribution in [0, 0.1) is 6.92 Å². The number of halogens is 3. The number of ether oxygens (including phenoxy) is 1. The summed E-state index contributed by atoms with van der Waals surface area (Å²) in [6, 6.07) is 4.05. The van der Waals surface area contributed by atoms with Crippen molar-refractivity contribution in [1.29, 1.82) is 0 Å². The monoisotopic (exact) mass is 509 g/mol. The van der Waals surface area contributed by atoms with Crippen LogP contribution in [-0.2, 0) is 9.53 Å². The molecule has 1 aromatic rings. The highest BCUT2D eigenvalue weighted by Gasteiger charge is 2.26. The molecule has 1 amide bonds. The first-order chi connectivity index (χ1) is 17.2. The van der Waals surface area contributed by atoms with Gasteiger partial charge in [-0.15, -0.1) is 0 Å². The molecule has 0 saturated heterocycles. The number of rotatable bonds is 11. The highest BCUT2D eigenvalue weighted by Crippen LogP contribution is 2.22. The fourth-order valence-corrected chi connectivity index (χ4v) is 3.06. The van der Waals surface area contributed by atoms with Gasteiger partial charge in [-0.05, 0) is 62.6 Å². The van der Waals surface area contributed by atoms with Gasteiger partial charge in [0.15, 0.2) is 0 Å². The Bertz CT molecular complexity index is 845. The molecule has 0 saturated carbocycles. The topological polar surface area (TPSA) is 63.2 Å². The van der Waals surface area contributed by atoms with E-state index in [0.29, 0.717) is 6.54 Å². The fourth-order valence-electron chi connectivity index (χ4n) is 3.06. The second-order valence-electron chi connectivity index (χ2n) is 7.87. The molecule has 1 heterocycles. The molecule has 36 heavy (non-hydrogen) atoms. The highest BCUT2D eigenvalue weighted by atomic mass is 19.4. The van der Waals surface area contributed by atoms with Gasteiger partial charge in [-0.25, -0.2) is 0 Å². The van der Waals surface area contributed by atoms with Crippen molar-refractivity contribution in [1.82, 2.24) is 15.6 Å². The number of amides is 1. The molecule has 0 radical (unpaired) electrons. The van der Waals surface area contributed by atoms with Crippen LogP contribution in [0.1, 0.15) is 57.7 Å². The summed E-state index contributed by atoms with van der Waals surface area (Å²) in [5, 5.41) is 5.96. The molecule has 8 heteroatoms. The molecule has 0 aliphatic heterocycles. The lowest BCUT2D eigenvalue weighted by Gasteiger charge is -2.14. The van der Waals surface area contributed by atoms with Crippen molar-refractivity contribution in [2.45, 2.75) is 65.7 Å². The zero-order valence-corrected chi connectivity index (χ0v) is 22.3. The van der Waals surface area contributed by atoms with Gasteiger partial charge in [-0.2, -0.15) is 13.2 Å². The normalized spacial score (nSPS) is 15.1. The number of hydrogen-bond donors (Lipinski definition) is 2. The molecule has 0 spiro atoms. The van der Waals surface area contributed by atoms with E-state index in [1.807, 2.05) is 70.5 Å². The summed E-state index contributed by atoms with van der Waals surface area (Å²) >= 11 is 0. The van der Waals surface area contributed by atoms with E-state index >= 15 is 0 Å². The van der Waals surface area contributed by atoms with Gasteiger partial charge in [0.25, 0.3) is 0 Å². The summed E-state index contributed by atoms with van der Waals surface area (Å²) in [5.41, 5.74) is 4.18. The predicted molar refractivity (Wildman–Crippen MR) is 143 cm³/mol. The second kappa shape index (κ2) is 19.5. The van der Waals surface area contributed by atoms with E-state index in [1.54, 1.807) is 6.08 Å². The Balaban J connectivity index is 0.000000671. The first kappa shape index (κ1) is 33.3. The van der Waals surface area contributed by atoms with Crippen LogP contribution < -0.4 is 10.6 Å². The third-order valence-electron chi connectivity index (χ3n) is 4.89. The number of nitrogens with zero attached hydrogens (tertiary/aromatic N) is 1. The molecule has 1 aliphatic rings. The summed E-state index contributed by atoms with van der Waals surface area (Å²) in [4.78, 5) is 15.6. The number of aromatic nitrogens is 1. The van der Waals surface area contributed by atoms with Crippen molar-refractivity contribution in [3.8, 4) is 0 Å². The molecular weight excluding hydrogens is 467 g/mol. The average molecular weight is 510 g/mol. The first-order valence-electron chi connectivity index (χ1n) is 12.3. The number of carbonyl (C=O) groups excluding carboxylic acids is 1. The van der Waals surface area contributed by atoms with E-state index < -0.39 is 12.6 Å². The minimum absolute atomic E-state index is 0.0392. The maximum Gasteiger partial charge on any atom is 0.389 e. The Morgan fingerprint density at radius 2 is 2.00 bits per heavy atom. The molecule has 0 fully saturated rings. The molecule has 1 aromatic heterocycles. The standard InChI is InChI=1S/C16H23N3O.C10H13F3O.C2H6/c1-5-14(11-18-13(3)20)15(8-9-17-4)16-7-6-12(2)10-19-16;11-10(12,13)7-4-8-14-9-5-2-1-3-6-9;1-2/h5-7,10,17H,1,8-9,11H2,2-4H3,(H,18,20);1-3,5,9H,4,6-8H2;1-2H3/b15-14-;;. The molecule has 1 aliphatic carbocycles. The van der Waals surface area contributed by atoms with E-state index in [-0.39, 0.29) is 25.0 Å². The van der Waals surface area contributed by atoms with E-state index in [2.05, 4.69) is 22.2 Å². The van der Waals surface area contributed by atoms with Crippen molar-refractivity contribution in [3.05, 3.63) is 72.1 Å². The molecule has 202 valence electrons. The first-order valence-corrected chi connectivity index (χ1v) is 12.3. The highest BCUT2D eigenvalue weighted by molar-refractivity contribution is 5.75. The lowest BCUT2D eigenvalue weighted by molar-refractivity contribution is -0.138. The lowest BCUT2D eigenvalue weighted by Crippen LogP contribution is -2.23. The Morgan fingerprint density at radius 1 is 1.28 bits per heavy atom. The summed E-state index contributed by atoms with van der Waals surface area (Å²) < 4.78 is 40.5. The van der Waals surface area contributed by atoms with Crippen molar-refractivity contribution < 1.29 is 22.7 Å². The van der Waals surface area contributed by atoms with Crippen LogP contribution in [-0.4, -0.2) is 49.9 Å².